The molecule has 1 aliphatic carbocycles. The number of likely N-dealkylation sites (N-methyl/N-ethyl adjacent to an activating group) is 1. The van der Waals surface area contributed by atoms with Gasteiger partial charge in [-0.2, -0.15) is 9.50 Å². The highest BCUT2D eigenvalue weighted by molar-refractivity contribution is 5.44. The minimum Gasteiger partial charge on any atom is -0.342 e. The van der Waals surface area contributed by atoms with Crippen LogP contribution in [0.4, 0.5) is 5.95 Å². The van der Waals surface area contributed by atoms with E-state index in [1.54, 1.807) is 4.52 Å². The summed E-state index contributed by atoms with van der Waals surface area (Å²) in [7, 11) is 1.99. The Morgan fingerprint density at radius 3 is 2.94 bits per heavy atom. The number of rotatable bonds is 0. The number of fused-ring (bicyclic) bond motifs is 4. The van der Waals surface area contributed by atoms with Gasteiger partial charge >= 0.3 is 0 Å². The summed E-state index contributed by atoms with van der Waals surface area (Å²) in [4.78, 5) is 23.4. The summed E-state index contributed by atoms with van der Waals surface area (Å²) in [5, 5.41) is 0. The van der Waals surface area contributed by atoms with E-state index < -0.39 is 0 Å². The van der Waals surface area contributed by atoms with Crippen LogP contribution in [0.5, 0.6) is 0 Å². The summed E-state index contributed by atoms with van der Waals surface area (Å²) in [6.45, 7) is 1.71. The number of hydrogen-bond donors (Lipinski definition) is 0. The number of hydrogen-bond acceptors (Lipinski definition) is 4. The minimum absolute atomic E-state index is 0.0801. The van der Waals surface area contributed by atoms with Crippen LogP contribution in [0.3, 0.4) is 0 Å². The van der Waals surface area contributed by atoms with E-state index in [9.17, 15) is 4.79 Å². The quantitative estimate of drug-likeness (QED) is 0.631. The maximum atomic E-state index is 12.4. The molecule has 2 aliphatic rings. The first-order valence-corrected chi connectivity index (χ1v) is 5.98. The Bertz CT molecular complexity index is 683. The highest BCUT2D eigenvalue weighted by Gasteiger charge is 2.26. The largest absolute Gasteiger partial charge is 0.342 e. The first-order valence-electron chi connectivity index (χ1n) is 5.98. The fourth-order valence-corrected chi connectivity index (χ4v) is 2.82. The van der Waals surface area contributed by atoms with Crippen LogP contribution in [-0.2, 0) is 19.4 Å². The lowest BCUT2D eigenvalue weighted by Gasteiger charge is -2.04. The molecular formula is C11H13N5O. The van der Waals surface area contributed by atoms with Gasteiger partial charge in [0.2, 0.25) is 5.95 Å². The molecule has 6 nitrogen and oxygen atoms in total. The van der Waals surface area contributed by atoms with Crippen LogP contribution in [-0.4, -0.2) is 32.8 Å². The molecule has 1 aliphatic heterocycles. The van der Waals surface area contributed by atoms with Crippen LogP contribution in [0.25, 0.3) is 5.78 Å². The molecule has 0 fully saturated rings. The first-order chi connectivity index (χ1) is 8.25. The van der Waals surface area contributed by atoms with Crippen molar-refractivity contribution in [3.05, 3.63) is 21.6 Å². The number of aromatic nitrogens is 4. The molecule has 17 heavy (non-hydrogen) atoms. The van der Waals surface area contributed by atoms with Crippen molar-refractivity contribution < 1.29 is 0 Å². The fourth-order valence-electron chi connectivity index (χ4n) is 2.82. The Morgan fingerprint density at radius 2 is 2.06 bits per heavy atom. The first kappa shape index (κ1) is 9.21. The topological polar surface area (TPSA) is 55.4 Å². The maximum absolute atomic E-state index is 12.4. The second-order valence-corrected chi connectivity index (χ2v) is 4.76. The van der Waals surface area contributed by atoms with E-state index in [1.807, 2.05) is 11.7 Å². The molecule has 0 bridgehead atoms. The van der Waals surface area contributed by atoms with E-state index in [4.69, 9.17) is 0 Å². The van der Waals surface area contributed by atoms with Crippen molar-refractivity contribution in [1.82, 2.24) is 19.2 Å². The third kappa shape index (κ3) is 1.02. The molecule has 0 aromatic carbocycles. The van der Waals surface area contributed by atoms with Crippen molar-refractivity contribution in [2.24, 2.45) is 0 Å². The average molecular weight is 231 g/mol. The van der Waals surface area contributed by atoms with Gasteiger partial charge in [-0.1, -0.05) is 0 Å². The normalized spacial score (nSPS) is 17.8. The highest BCUT2D eigenvalue weighted by atomic mass is 16.1. The van der Waals surface area contributed by atoms with Crippen molar-refractivity contribution in [2.75, 3.05) is 18.5 Å². The van der Waals surface area contributed by atoms with Gasteiger partial charge in [0.25, 0.3) is 11.3 Å². The van der Waals surface area contributed by atoms with Gasteiger partial charge < -0.3 is 4.90 Å². The predicted octanol–water partition coefficient (Wildman–Crippen LogP) is -0.171. The van der Waals surface area contributed by atoms with E-state index in [-0.39, 0.29) is 5.56 Å². The Morgan fingerprint density at radius 1 is 1.18 bits per heavy atom. The second-order valence-electron chi connectivity index (χ2n) is 4.76. The number of aryl methyl sites for hydroxylation is 1. The molecule has 0 spiro atoms. The molecule has 2 aromatic heterocycles. The summed E-state index contributed by atoms with van der Waals surface area (Å²) in [6.07, 6.45) is 2.82. The SMILES string of the molecule is CN1CCn2c1nc1nc3c(c(=O)n12)CCC3. The molecule has 6 heteroatoms. The molecule has 3 heterocycles. The maximum Gasteiger partial charge on any atom is 0.277 e. The lowest BCUT2D eigenvalue weighted by atomic mass is 10.3. The summed E-state index contributed by atoms with van der Waals surface area (Å²) in [6, 6.07) is 0. The summed E-state index contributed by atoms with van der Waals surface area (Å²) >= 11 is 0. The molecular weight excluding hydrogens is 218 g/mol. The Hall–Kier alpha value is -1.85. The zero-order valence-electron chi connectivity index (χ0n) is 9.68. The third-order valence-corrected chi connectivity index (χ3v) is 3.72. The predicted molar refractivity (Wildman–Crippen MR) is 62.5 cm³/mol. The molecule has 0 atom stereocenters. The van der Waals surface area contributed by atoms with Gasteiger partial charge in [0.05, 0.1) is 12.2 Å². The van der Waals surface area contributed by atoms with Gasteiger partial charge in [-0.05, 0) is 19.3 Å². The van der Waals surface area contributed by atoms with Crippen LogP contribution in [0.2, 0.25) is 0 Å². The zero-order valence-corrected chi connectivity index (χ0v) is 9.68. The van der Waals surface area contributed by atoms with Crippen molar-refractivity contribution in [2.45, 2.75) is 25.8 Å². The average Bonchev–Trinajstić information content (AvgIpc) is 2.96. The second kappa shape index (κ2) is 2.88. The van der Waals surface area contributed by atoms with E-state index >= 15 is 0 Å². The Balaban J connectivity index is 2.14. The molecule has 0 N–H and O–H groups in total. The minimum atomic E-state index is 0.0801. The Kier molecular flexibility index (Phi) is 1.56. The molecule has 0 unspecified atom stereocenters. The Labute approximate surface area is 97.5 Å². The van der Waals surface area contributed by atoms with Gasteiger partial charge in [-0.15, -0.1) is 0 Å². The number of anilines is 1. The van der Waals surface area contributed by atoms with Gasteiger partial charge in [0.1, 0.15) is 0 Å². The lowest BCUT2D eigenvalue weighted by molar-refractivity contribution is 0.624. The van der Waals surface area contributed by atoms with Crippen molar-refractivity contribution in [3.8, 4) is 0 Å². The van der Waals surface area contributed by atoms with Crippen molar-refractivity contribution >= 4 is 11.7 Å². The molecule has 2 aromatic rings. The van der Waals surface area contributed by atoms with Gasteiger partial charge in [0.15, 0.2) is 0 Å². The smallest absolute Gasteiger partial charge is 0.277 e. The van der Waals surface area contributed by atoms with Crippen molar-refractivity contribution in [1.29, 1.82) is 0 Å². The summed E-state index contributed by atoms with van der Waals surface area (Å²) in [5.41, 5.74) is 1.92. The van der Waals surface area contributed by atoms with E-state index in [2.05, 4.69) is 14.9 Å². The van der Waals surface area contributed by atoms with Crippen LogP contribution >= 0.6 is 0 Å². The van der Waals surface area contributed by atoms with Crippen molar-refractivity contribution in [3.63, 3.8) is 0 Å². The van der Waals surface area contributed by atoms with E-state index in [0.717, 1.165) is 49.6 Å². The molecule has 0 amide bonds. The molecule has 0 saturated heterocycles. The number of nitrogens with zero attached hydrogens (tertiary/aromatic N) is 5. The van der Waals surface area contributed by atoms with Crippen LogP contribution in [0.15, 0.2) is 4.79 Å². The summed E-state index contributed by atoms with van der Waals surface area (Å²) in [5.74, 6) is 1.40. The van der Waals surface area contributed by atoms with Gasteiger partial charge in [0, 0.05) is 19.2 Å². The van der Waals surface area contributed by atoms with Crippen LogP contribution < -0.4 is 10.5 Å². The standard InChI is InChI=1S/C11H13N5O/c1-14-5-6-15-11(14)13-10-12-8-4-2-3-7(8)9(17)16(10)15/h2-6H2,1H3. The molecule has 0 radical (unpaired) electrons. The van der Waals surface area contributed by atoms with Gasteiger partial charge in [-0.3, -0.25) is 4.79 Å². The van der Waals surface area contributed by atoms with Crippen LogP contribution in [0.1, 0.15) is 17.7 Å². The van der Waals surface area contributed by atoms with Gasteiger partial charge in [-0.25, -0.2) is 9.67 Å². The zero-order chi connectivity index (χ0) is 11.6. The van der Waals surface area contributed by atoms with E-state index in [1.165, 1.54) is 0 Å². The van der Waals surface area contributed by atoms with Crippen LogP contribution in [0, 0.1) is 0 Å². The van der Waals surface area contributed by atoms with E-state index in [0.29, 0.717) is 5.78 Å². The highest BCUT2D eigenvalue weighted by Crippen LogP contribution is 2.21. The lowest BCUT2D eigenvalue weighted by Crippen LogP contribution is -2.24. The molecule has 88 valence electrons. The third-order valence-electron chi connectivity index (χ3n) is 3.72. The molecule has 4 rings (SSSR count). The summed E-state index contributed by atoms with van der Waals surface area (Å²) < 4.78 is 3.58. The fraction of sp³-hybridized carbons (Fsp3) is 0.545. The monoisotopic (exact) mass is 231 g/mol. The molecule has 0 saturated carbocycles.